The monoisotopic (exact) mass is 361 g/mol. The molecule has 0 fully saturated rings. The molecule has 0 spiro atoms. The number of nitrogens with one attached hydrogen (secondary N) is 1. The van der Waals surface area contributed by atoms with Crippen LogP contribution in [0.4, 0.5) is 0 Å². The highest BCUT2D eigenvalue weighted by atomic mass is 16.1. The molecule has 0 atom stereocenters. The zero-order valence-corrected chi connectivity index (χ0v) is 15.1. The average Bonchev–Trinajstić information content (AvgIpc) is 3.09. The Kier molecular flexibility index (Phi) is 4.19. The normalized spacial score (nSPS) is 11.2. The lowest BCUT2D eigenvalue weighted by atomic mass is 10.1. The molecule has 3 heterocycles. The molecule has 0 saturated heterocycles. The fraction of sp³-hybridized carbons (Fsp3) is 0.200. The summed E-state index contributed by atoms with van der Waals surface area (Å²) in [7, 11) is 0. The second-order valence-electron chi connectivity index (χ2n) is 6.32. The molecule has 4 rings (SSSR count). The summed E-state index contributed by atoms with van der Waals surface area (Å²) in [5.41, 5.74) is 3.42. The van der Waals surface area contributed by atoms with Crippen molar-refractivity contribution in [1.29, 1.82) is 0 Å². The number of nitrogens with zero attached hydrogens (tertiary/aromatic N) is 4. The molecule has 7 heteroatoms. The highest BCUT2D eigenvalue weighted by molar-refractivity contribution is 5.97. The molecule has 1 aromatic carbocycles. The number of rotatable bonds is 4. The van der Waals surface area contributed by atoms with Crippen molar-refractivity contribution in [1.82, 2.24) is 24.3 Å². The van der Waals surface area contributed by atoms with Crippen molar-refractivity contribution in [3.8, 4) is 0 Å². The molecule has 0 aliphatic carbocycles. The van der Waals surface area contributed by atoms with Gasteiger partial charge in [-0.05, 0) is 43.7 Å². The SMILES string of the molecule is CCn1c(=O)c2cnc(C)n2c2ccc(C(=O)NCc3cccnc3)cc21. The van der Waals surface area contributed by atoms with Crippen LogP contribution in [-0.2, 0) is 13.1 Å². The molecule has 0 bridgehead atoms. The fourth-order valence-electron chi connectivity index (χ4n) is 3.32. The minimum absolute atomic E-state index is 0.112. The Morgan fingerprint density at radius 2 is 2.00 bits per heavy atom. The topological polar surface area (TPSA) is 81.3 Å². The van der Waals surface area contributed by atoms with Crippen LogP contribution in [0.1, 0.15) is 28.7 Å². The van der Waals surface area contributed by atoms with E-state index in [2.05, 4.69) is 15.3 Å². The third-order valence-electron chi connectivity index (χ3n) is 4.66. The number of hydrogen-bond acceptors (Lipinski definition) is 4. The molecular weight excluding hydrogens is 342 g/mol. The van der Waals surface area contributed by atoms with E-state index in [4.69, 9.17) is 0 Å². The third-order valence-corrected chi connectivity index (χ3v) is 4.66. The first-order valence-corrected chi connectivity index (χ1v) is 8.78. The minimum Gasteiger partial charge on any atom is -0.348 e. The lowest BCUT2D eigenvalue weighted by molar-refractivity contribution is 0.0951. The minimum atomic E-state index is -0.196. The van der Waals surface area contributed by atoms with Crippen LogP contribution in [0.5, 0.6) is 0 Å². The molecule has 7 nitrogen and oxygen atoms in total. The molecule has 3 aromatic heterocycles. The largest absolute Gasteiger partial charge is 0.348 e. The summed E-state index contributed by atoms with van der Waals surface area (Å²) in [5.74, 6) is 0.544. The van der Waals surface area contributed by atoms with E-state index in [1.807, 2.05) is 36.4 Å². The molecule has 0 unspecified atom stereocenters. The second kappa shape index (κ2) is 6.68. The Morgan fingerprint density at radius 1 is 1.15 bits per heavy atom. The highest BCUT2D eigenvalue weighted by Gasteiger charge is 2.15. The Hall–Kier alpha value is -3.48. The van der Waals surface area contributed by atoms with Crippen molar-refractivity contribution in [2.75, 3.05) is 0 Å². The van der Waals surface area contributed by atoms with Crippen molar-refractivity contribution in [3.63, 3.8) is 0 Å². The van der Waals surface area contributed by atoms with E-state index in [9.17, 15) is 9.59 Å². The zero-order chi connectivity index (χ0) is 19.0. The lowest BCUT2D eigenvalue weighted by Gasteiger charge is -2.13. The molecule has 4 aromatic rings. The van der Waals surface area contributed by atoms with Gasteiger partial charge >= 0.3 is 0 Å². The van der Waals surface area contributed by atoms with Crippen molar-refractivity contribution in [3.05, 3.63) is 76.2 Å². The summed E-state index contributed by atoms with van der Waals surface area (Å²) < 4.78 is 3.50. The van der Waals surface area contributed by atoms with Crippen molar-refractivity contribution in [2.45, 2.75) is 26.9 Å². The quantitative estimate of drug-likeness (QED) is 0.605. The Labute approximate surface area is 155 Å². The summed E-state index contributed by atoms with van der Waals surface area (Å²) in [6.45, 7) is 4.67. The van der Waals surface area contributed by atoms with E-state index in [1.54, 1.807) is 35.3 Å². The number of amides is 1. The molecule has 0 saturated carbocycles. The summed E-state index contributed by atoms with van der Waals surface area (Å²) in [5, 5.41) is 2.89. The molecule has 0 radical (unpaired) electrons. The van der Waals surface area contributed by atoms with Crippen LogP contribution >= 0.6 is 0 Å². The summed E-state index contributed by atoms with van der Waals surface area (Å²) in [6.07, 6.45) is 5.00. The van der Waals surface area contributed by atoms with Gasteiger partial charge in [-0.2, -0.15) is 0 Å². The van der Waals surface area contributed by atoms with Crippen LogP contribution in [0.3, 0.4) is 0 Å². The average molecular weight is 361 g/mol. The molecule has 0 aliphatic heterocycles. The van der Waals surface area contributed by atoms with Gasteiger partial charge in [-0.15, -0.1) is 0 Å². The van der Waals surface area contributed by atoms with Crippen LogP contribution in [-0.4, -0.2) is 24.8 Å². The number of benzene rings is 1. The van der Waals surface area contributed by atoms with Crippen molar-refractivity contribution < 1.29 is 4.79 Å². The van der Waals surface area contributed by atoms with E-state index >= 15 is 0 Å². The third kappa shape index (κ3) is 2.87. The number of carbonyl (C=O) groups excluding carboxylic acids is 1. The number of imidazole rings is 1. The second-order valence-corrected chi connectivity index (χ2v) is 6.32. The van der Waals surface area contributed by atoms with Crippen LogP contribution in [0.15, 0.2) is 53.7 Å². The first-order valence-electron chi connectivity index (χ1n) is 8.78. The number of hydrogen-bond donors (Lipinski definition) is 1. The van der Waals surface area contributed by atoms with Crippen molar-refractivity contribution in [2.24, 2.45) is 0 Å². The van der Waals surface area contributed by atoms with Gasteiger partial charge in [0.05, 0.1) is 17.2 Å². The number of fused-ring (bicyclic) bond motifs is 3. The Morgan fingerprint density at radius 3 is 2.74 bits per heavy atom. The Balaban J connectivity index is 1.77. The molecule has 136 valence electrons. The van der Waals surface area contributed by atoms with Crippen LogP contribution in [0.25, 0.3) is 16.6 Å². The van der Waals surface area contributed by atoms with Gasteiger partial charge in [0.15, 0.2) is 0 Å². The maximum atomic E-state index is 12.8. The molecule has 1 N–H and O–H groups in total. The van der Waals surface area contributed by atoms with Gasteiger partial charge in [0.25, 0.3) is 11.5 Å². The highest BCUT2D eigenvalue weighted by Crippen LogP contribution is 2.18. The number of pyridine rings is 1. The van der Waals surface area contributed by atoms with Gasteiger partial charge in [0, 0.05) is 31.0 Å². The van der Waals surface area contributed by atoms with Gasteiger partial charge in [0.2, 0.25) is 0 Å². The molecule has 1 amide bonds. The van der Waals surface area contributed by atoms with E-state index in [-0.39, 0.29) is 11.5 Å². The predicted octanol–water partition coefficient (Wildman–Crippen LogP) is 2.30. The smallest absolute Gasteiger partial charge is 0.276 e. The number of aryl methyl sites for hydroxylation is 2. The standard InChI is InChI=1S/C20H19N5O2/c1-3-24-17-9-15(19(26)23-11-14-5-4-8-21-10-14)6-7-16(17)25-13(2)22-12-18(25)20(24)27/h4-10,12H,3,11H2,1-2H3,(H,23,26). The van der Waals surface area contributed by atoms with Gasteiger partial charge < -0.3 is 9.88 Å². The number of carbonyl (C=O) groups is 1. The molecule has 27 heavy (non-hydrogen) atoms. The van der Waals surface area contributed by atoms with Gasteiger partial charge in [-0.1, -0.05) is 6.07 Å². The van der Waals surface area contributed by atoms with E-state index in [0.29, 0.717) is 29.7 Å². The zero-order valence-electron chi connectivity index (χ0n) is 15.1. The predicted molar refractivity (Wildman–Crippen MR) is 103 cm³/mol. The van der Waals surface area contributed by atoms with Crippen LogP contribution in [0, 0.1) is 6.92 Å². The van der Waals surface area contributed by atoms with Crippen LogP contribution in [0.2, 0.25) is 0 Å². The lowest BCUT2D eigenvalue weighted by Crippen LogP contribution is -2.25. The fourth-order valence-corrected chi connectivity index (χ4v) is 3.32. The van der Waals surface area contributed by atoms with Gasteiger partial charge in [0.1, 0.15) is 11.3 Å². The van der Waals surface area contributed by atoms with E-state index in [1.165, 1.54) is 0 Å². The van der Waals surface area contributed by atoms with Gasteiger partial charge in [-0.3, -0.25) is 19.0 Å². The summed E-state index contributed by atoms with van der Waals surface area (Å²) >= 11 is 0. The van der Waals surface area contributed by atoms with E-state index < -0.39 is 0 Å². The maximum absolute atomic E-state index is 12.8. The first-order chi connectivity index (χ1) is 13.1. The first kappa shape index (κ1) is 17.0. The number of aromatic nitrogens is 4. The van der Waals surface area contributed by atoms with E-state index in [0.717, 1.165) is 16.9 Å². The summed E-state index contributed by atoms with van der Waals surface area (Å²) in [6, 6.07) is 9.13. The molecule has 0 aliphatic rings. The van der Waals surface area contributed by atoms with Crippen LogP contribution < -0.4 is 10.9 Å². The molecular formula is C20H19N5O2. The van der Waals surface area contributed by atoms with Gasteiger partial charge in [-0.25, -0.2) is 4.98 Å². The maximum Gasteiger partial charge on any atom is 0.276 e. The van der Waals surface area contributed by atoms with Crippen molar-refractivity contribution >= 4 is 22.5 Å². The Bertz CT molecular complexity index is 1210. The summed E-state index contributed by atoms with van der Waals surface area (Å²) in [4.78, 5) is 33.7.